The smallest absolute Gasteiger partial charge is 0.350 e. The highest BCUT2D eigenvalue weighted by Gasteiger charge is 2.12. The number of nitrogens with one attached hydrogen (secondary N) is 1. The predicted octanol–water partition coefficient (Wildman–Crippen LogP) is 2.65. The van der Waals surface area contributed by atoms with E-state index in [1.165, 1.54) is 16.5 Å². The molecule has 0 saturated carbocycles. The molecule has 0 aliphatic heterocycles. The molecule has 0 aliphatic rings. The number of aromatic nitrogens is 3. The van der Waals surface area contributed by atoms with Crippen molar-refractivity contribution in [2.24, 2.45) is 7.05 Å². The van der Waals surface area contributed by atoms with Crippen LogP contribution in [0.2, 0.25) is 0 Å². The van der Waals surface area contributed by atoms with E-state index in [2.05, 4.69) is 39.3 Å². The van der Waals surface area contributed by atoms with Crippen molar-refractivity contribution >= 4 is 10.9 Å². The predicted molar refractivity (Wildman–Crippen MR) is 73.1 cm³/mol. The average Bonchev–Trinajstić information content (AvgIpc) is 2.94. The normalized spacial score (nSPS) is 11.6. The van der Waals surface area contributed by atoms with Gasteiger partial charge in [0.2, 0.25) is 0 Å². The lowest BCUT2D eigenvalue weighted by Gasteiger charge is -2.03. The van der Waals surface area contributed by atoms with Crippen molar-refractivity contribution < 1.29 is 4.52 Å². The second kappa shape index (κ2) is 4.12. The van der Waals surface area contributed by atoms with Crippen LogP contribution in [-0.2, 0) is 7.05 Å². The van der Waals surface area contributed by atoms with Gasteiger partial charge in [0, 0.05) is 29.7 Å². The second-order valence-electron chi connectivity index (χ2n) is 5.03. The topological polar surface area (TPSA) is 63.8 Å². The standard InChI is InChI=1S/C14H15N3O2/c1-8(2)11-7-17(3)12-5-4-9(6-10(11)12)13-15-14(18)19-16-13/h4-8H,1-3H3,(H,15,16,18). The third-order valence-electron chi connectivity index (χ3n) is 3.36. The molecule has 5 nitrogen and oxygen atoms in total. The van der Waals surface area contributed by atoms with Crippen LogP contribution in [-0.4, -0.2) is 14.7 Å². The summed E-state index contributed by atoms with van der Waals surface area (Å²) in [5.74, 6) is 0.369. The maximum absolute atomic E-state index is 11.0. The minimum atomic E-state index is -0.535. The monoisotopic (exact) mass is 257 g/mol. The number of rotatable bonds is 2. The molecule has 0 spiro atoms. The average molecular weight is 257 g/mol. The Bertz CT molecular complexity index is 792. The zero-order chi connectivity index (χ0) is 13.6. The fourth-order valence-corrected chi connectivity index (χ4v) is 2.38. The van der Waals surface area contributed by atoms with Crippen molar-refractivity contribution in [2.45, 2.75) is 19.8 Å². The third kappa shape index (κ3) is 1.87. The van der Waals surface area contributed by atoms with Gasteiger partial charge in [0.1, 0.15) is 0 Å². The molecule has 98 valence electrons. The quantitative estimate of drug-likeness (QED) is 0.767. The van der Waals surface area contributed by atoms with Gasteiger partial charge in [-0.2, -0.15) is 0 Å². The summed E-state index contributed by atoms with van der Waals surface area (Å²) >= 11 is 0. The van der Waals surface area contributed by atoms with Crippen molar-refractivity contribution in [2.75, 3.05) is 0 Å². The van der Waals surface area contributed by atoms with Gasteiger partial charge in [0.05, 0.1) is 0 Å². The summed E-state index contributed by atoms with van der Waals surface area (Å²) in [5, 5.41) is 4.90. The van der Waals surface area contributed by atoms with Crippen LogP contribution in [0.1, 0.15) is 25.3 Å². The van der Waals surface area contributed by atoms with Crippen LogP contribution in [0.3, 0.4) is 0 Å². The number of fused-ring (bicyclic) bond motifs is 1. The highest BCUT2D eigenvalue weighted by molar-refractivity contribution is 5.88. The van der Waals surface area contributed by atoms with Crippen molar-refractivity contribution in [1.82, 2.24) is 14.7 Å². The molecule has 3 rings (SSSR count). The van der Waals surface area contributed by atoms with Crippen LogP contribution in [0.15, 0.2) is 33.7 Å². The molecule has 0 bridgehead atoms. The van der Waals surface area contributed by atoms with Crippen molar-refractivity contribution in [3.63, 3.8) is 0 Å². The van der Waals surface area contributed by atoms with E-state index in [1.807, 2.05) is 25.2 Å². The first-order valence-electron chi connectivity index (χ1n) is 6.21. The summed E-state index contributed by atoms with van der Waals surface area (Å²) in [6.45, 7) is 4.33. The molecule has 2 aromatic heterocycles. The third-order valence-corrected chi connectivity index (χ3v) is 3.36. The molecule has 19 heavy (non-hydrogen) atoms. The van der Waals surface area contributed by atoms with Crippen LogP contribution >= 0.6 is 0 Å². The van der Waals surface area contributed by atoms with E-state index in [9.17, 15) is 4.79 Å². The lowest BCUT2D eigenvalue weighted by molar-refractivity contribution is 0.388. The van der Waals surface area contributed by atoms with E-state index in [4.69, 9.17) is 0 Å². The molecule has 0 radical (unpaired) electrons. The van der Waals surface area contributed by atoms with E-state index in [1.54, 1.807) is 0 Å². The van der Waals surface area contributed by atoms with E-state index >= 15 is 0 Å². The highest BCUT2D eigenvalue weighted by Crippen LogP contribution is 2.29. The summed E-state index contributed by atoms with van der Waals surface area (Å²) in [5.41, 5.74) is 3.30. The number of aromatic amines is 1. The Morgan fingerprint density at radius 2 is 2.16 bits per heavy atom. The lowest BCUT2D eigenvalue weighted by atomic mass is 10.0. The Kier molecular flexibility index (Phi) is 2.55. The summed E-state index contributed by atoms with van der Waals surface area (Å²) in [4.78, 5) is 13.6. The Morgan fingerprint density at radius 1 is 1.37 bits per heavy atom. The van der Waals surface area contributed by atoms with E-state index in [0.29, 0.717) is 11.7 Å². The largest absolute Gasteiger partial charge is 0.439 e. The van der Waals surface area contributed by atoms with Crippen LogP contribution < -0.4 is 5.76 Å². The number of benzene rings is 1. The van der Waals surface area contributed by atoms with E-state index < -0.39 is 5.76 Å². The van der Waals surface area contributed by atoms with Gasteiger partial charge in [0.25, 0.3) is 0 Å². The fraction of sp³-hybridized carbons (Fsp3) is 0.286. The molecule has 0 saturated heterocycles. The second-order valence-corrected chi connectivity index (χ2v) is 5.03. The number of H-pyrrole nitrogens is 1. The molecular weight excluding hydrogens is 242 g/mol. The molecule has 5 heteroatoms. The summed E-state index contributed by atoms with van der Waals surface area (Å²) in [6.07, 6.45) is 2.14. The zero-order valence-corrected chi connectivity index (χ0v) is 11.1. The van der Waals surface area contributed by atoms with Gasteiger partial charge >= 0.3 is 5.76 Å². The van der Waals surface area contributed by atoms with Crippen molar-refractivity contribution in [3.8, 4) is 11.4 Å². The molecule has 2 heterocycles. The maximum atomic E-state index is 11.0. The van der Waals surface area contributed by atoms with Crippen LogP contribution in [0, 0.1) is 0 Å². The van der Waals surface area contributed by atoms with Gasteiger partial charge in [-0.25, -0.2) is 4.79 Å². The molecule has 0 unspecified atom stereocenters. The van der Waals surface area contributed by atoms with Gasteiger partial charge in [-0.15, -0.1) is 0 Å². The van der Waals surface area contributed by atoms with Crippen LogP contribution in [0.4, 0.5) is 0 Å². The first-order valence-corrected chi connectivity index (χ1v) is 6.21. The number of aryl methyl sites for hydroxylation is 1. The number of hydrogen-bond acceptors (Lipinski definition) is 3. The van der Waals surface area contributed by atoms with E-state index in [0.717, 1.165) is 5.56 Å². The van der Waals surface area contributed by atoms with Gasteiger partial charge in [0.15, 0.2) is 5.82 Å². The first-order chi connectivity index (χ1) is 9.06. The molecular formula is C14H15N3O2. The molecule has 0 amide bonds. The van der Waals surface area contributed by atoms with Gasteiger partial charge < -0.3 is 4.57 Å². The summed E-state index contributed by atoms with van der Waals surface area (Å²) in [6, 6.07) is 6.00. The van der Waals surface area contributed by atoms with Crippen LogP contribution in [0.5, 0.6) is 0 Å². The highest BCUT2D eigenvalue weighted by atomic mass is 16.5. The Balaban J connectivity index is 2.24. The minimum absolute atomic E-state index is 0.440. The molecule has 1 aromatic carbocycles. The Morgan fingerprint density at radius 3 is 2.79 bits per heavy atom. The Hall–Kier alpha value is -2.30. The van der Waals surface area contributed by atoms with E-state index in [-0.39, 0.29) is 0 Å². The Labute approximate surface area is 109 Å². The van der Waals surface area contributed by atoms with Gasteiger partial charge in [-0.3, -0.25) is 9.51 Å². The maximum Gasteiger partial charge on any atom is 0.439 e. The molecule has 0 atom stereocenters. The van der Waals surface area contributed by atoms with Crippen LogP contribution in [0.25, 0.3) is 22.3 Å². The molecule has 3 aromatic rings. The summed E-state index contributed by atoms with van der Waals surface area (Å²) < 4.78 is 6.66. The number of hydrogen-bond donors (Lipinski definition) is 1. The molecule has 0 aliphatic carbocycles. The minimum Gasteiger partial charge on any atom is -0.350 e. The van der Waals surface area contributed by atoms with Gasteiger partial charge in [-0.1, -0.05) is 19.0 Å². The fourth-order valence-electron chi connectivity index (χ4n) is 2.38. The van der Waals surface area contributed by atoms with Gasteiger partial charge in [-0.05, 0) is 29.7 Å². The summed E-state index contributed by atoms with van der Waals surface area (Å²) in [7, 11) is 2.03. The zero-order valence-electron chi connectivity index (χ0n) is 11.1. The SMILES string of the molecule is CC(C)c1cn(C)c2ccc(-c3noc(=O)[nH]3)cc12. The molecule has 0 fully saturated rings. The molecule has 1 N–H and O–H groups in total. The van der Waals surface area contributed by atoms with Crippen molar-refractivity contribution in [3.05, 3.63) is 40.5 Å². The van der Waals surface area contributed by atoms with Crippen molar-refractivity contribution in [1.29, 1.82) is 0 Å². The first kappa shape index (κ1) is 11.8. The lowest BCUT2D eigenvalue weighted by Crippen LogP contribution is -1.94. The number of nitrogens with zero attached hydrogens (tertiary/aromatic N) is 2.